The van der Waals surface area contributed by atoms with E-state index in [1.165, 1.54) is 0 Å². The van der Waals surface area contributed by atoms with Crippen molar-refractivity contribution in [3.63, 3.8) is 0 Å². The fourth-order valence-corrected chi connectivity index (χ4v) is 2.48. The van der Waals surface area contributed by atoms with Crippen LogP contribution in [0.2, 0.25) is 0 Å². The third-order valence-corrected chi connectivity index (χ3v) is 5.48. The summed E-state index contributed by atoms with van der Waals surface area (Å²) in [6, 6.07) is 0. The van der Waals surface area contributed by atoms with E-state index in [4.69, 9.17) is 0 Å². The van der Waals surface area contributed by atoms with E-state index >= 15 is 0 Å². The molecule has 5 unspecified atom stereocenters. The van der Waals surface area contributed by atoms with Gasteiger partial charge in [-0.05, 0) is 43.9 Å². The molecule has 0 fully saturated rings. The van der Waals surface area contributed by atoms with E-state index in [1.807, 2.05) is 27.7 Å². The fourth-order valence-electron chi connectivity index (χ4n) is 2.48. The molecule has 0 heterocycles. The quantitative estimate of drug-likeness (QED) is 0.728. The Morgan fingerprint density at radius 1 is 0.778 bits per heavy atom. The third-order valence-electron chi connectivity index (χ3n) is 5.48. The van der Waals surface area contributed by atoms with Gasteiger partial charge in [-0.3, -0.25) is 0 Å². The highest BCUT2D eigenvalue weighted by molar-refractivity contribution is 4.89. The van der Waals surface area contributed by atoms with Crippen LogP contribution in [0.5, 0.6) is 0 Å². The smallest absolute Gasteiger partial charge is 0.0670 e. The van der Waals surface area contributed by atoms with Gasteiger partial charge in [0.15, 0.2) is 0 Å². The van der Waals surface area contributed by atoms with Gasteiger partial charge in [-0.2, -0.15) is 0 Å². The lowest BCUT2D eigenvalue weighted by atomic mass is 9.71. The van der Waals surface area contributed by atoms with E-state index in [1.54, 1.807) is 0 Å². The normalized spacial score (nSPS) is 24.2. The van der Waals surface area contributed by atoms with Crippen molar-refractivity contribution in [1.29, 1.82) is 0 Å². The molecular weight excluding hydrogens is 224 g/mol. The first kappa shape index (κ1) is 17.9. The molecule has 0 saturated heterocycles. The monoisotopic (exact) mass is 258 g/mol. The minimum atomic E-state index is -0.667. The van der Waals surface area contributed by atoms with Gasteiger partial charge in [0, 0.05) is 0 Å². The molecule has 0 aliphatic rings. The van der Waals surface area contributed by atoms with E-state index in [9.17, 15) is 10.2 Å². The Morgan fingerprint density at radius 3 is 1.50 bits per heavy atom. The van der Waals surface area contributed by atoms with Crippen LogP contribution in [0.25, 0.3) is 0 Å². The van der Waals surface area contributed by atoms with Crippen LogP contribution in [0.1, 0.15) is 68.2 Å². The van der Waals surface area contributed by atoms with E-state index in [2.05, 4.69) is 27.7 Å². The lowest BCUT2D eigenvalue weighted by molar-refractivity contribution is -0.0813. The third kappa shape index (κ3) is 3.96. The van der Waals surface area contributed by atoms with Gasteiger partial charge in [-0.25, -0.2) is 0 Å². The molecule has 0 aliphatic carbocycles. The van der Waals surface area contributed by atoms with Crippen molar-refractivity contribution >= 4 is 0 Å². The Hall–Kier alpha value is -0.0800. The summed E-state index contributed by atoms with van der Waals surface area (Å²) in [7, 11) is 0. The van der Waals surface area contributed by atoms with Crippen molar-refractivity contribution in [2.24, 2.45) is 23.7 Å². The molecule has 5 atom stereocenters. The summed E-state index contributed by atoms with van der Waals surface area (Å²) >= 11 is 0. The molecule has 0 aromatic rings. The van der Waals surface area contributed by atoms with Crippen LogP contribution in [-0.4, -0.2) is 21.4 Å². The molecule has 0 aromatic heterocycles. The maximum absolute atomic E-state index is 10.6. The average Bonchev–Trinajstić information content (AvgIpc) is 2.26. The predicted molar refractivity (Wildman–Crippen MR) is 78.5 cm³/mol. The molecule has 2 nitrogen and oxygen atoms in total. The van der Waals surface area contributed by atoms with Crippen LogP contribution in [0, 0.1) is 23.7 Å². The van der Waals surface area contributed by atoms with Crippen molar-refractivity contribution in [3.05, 3.63) is 0 Å². The molecule has 0 rings (SSSR count). The molecule has 0 radical (unpaired) electrons. The van der Waals surface area contributed by atoms with Gasteiger partial charge >= 0.3 is 0 Å². The number of hydrogen-bond acceptors (Lipinski definition) is 2. The second kappa shape index (κ2) is 6.38. The molecule has 110 valence electrons. The zero-order valence-electron chi connectivity index (χ0n) is 13.6. The van der Waals surface area contributed by atoms with Gasteiger partial charge in [0.25, 0.3) is 0 Å². The minimum absolute atomic E-state index is 0.183. The standard InChI is InChI=1S/C16H34O2/c1-9-12(4)16(8,18)14(6)10-13(5)15(7,17)11(2)3/h11-14,17-18H,9-10H2,1-8H3. The zero-order valence-corrected chi connectivity index (χ0v) is 13.6. The Balaban J connectivity index is 4.71. The van der Waals surface area contributed by atoms with E-state index in [0.29, 0.717) is 0 Å². The second-order valence-corrected chi connectivity index (χ2v) is 6.95. The lowest BCUT2D eigenvalue weighted by Gasteiger charge is -2.41. The van der Waals surface area contributed by atoms with Crippen molar-refractivity contribution < 1.29 is 10.2 Å². The largest absolute Gasteiger partial charge is 0.390 e. The van der Waals surface area contributed by atoms with E-state index in [0.717, 1.165) is 12.8 Å². The summed E-state index contributed by atoms with van der Waals surface area (Å²) in [6.07, 6.45) is 1.83. The summed E-state index contributed by atoms with van der Waals surface area (Å²) in [6.45, 7) is 16.3. The Labute approximate surface area is 114 Å². The van der Waals surface area contributed by atoms with Crippen LogP contribution < -0.4 is 0 Å². The fraction of sp³-hybridized carbons (Fsp3) is 1.00. The van der Waals surface area contributed by atoms with E-state index in [-0.39, 0.29) is 23.7 Å². The Bertz CT molecular complexity index is 243. The predicted octanol–water partition coefficient (Wildman–Crippen LogP) is 3.85. The molecule has 0 aliphatic heterocycles. The lowest BCUT2D eigenvalue weighted by Crippen LogP contribution is -2.44. The van der Waals surface area contributed by atoms with Gasteiger partial charge in [-0.1, -0.05) is 48.0 Å². The van der Waals surface area contributed by atoms with Gasteiger partial charge in [-0.15, -0.1) is 0 Å². The SMILES string of the molecule is CCC(C)C(C)(O)C(C)CC(C)C(C)(O)C(C)C. The highest BCUT2D eigenvalue weighted by Crippen LogP contribution is 2.36. The number of aliphatic hydroxyl groups is 2. The number of rotatable bonds is 7. The Morgan fingerprint density at radius 2 is 1.17 bits per heavy atom. The first-order valence-corrected chi connectivity index (χ1v) is 7.42. The molecule has 0 amide bonds. The van der Waals surface area contributed by atoms with Gasteiger partial charge < -0.3 is 10.2 Å². The first-order valence-electron chi connectivity index (χ1n) is 7.42. The molecule has 2 heteroatoms. The van der Waals surface area contributed by atoms with Crippen molar-refractivity contribution in [2.45, 2.75) is 79.4 Å². The highest BCUT2D eigenvalue weighted by Gasteiger charge is 2.38. The molecule has 2 N–H and O–H groups in total. The molecule has 0 bridgehead atoms. The minimum Gasteiger partial charge on any atom is -0.390 e. The van der Waals surface area contributed by atoms with Crippen LogP contribution >= 0.6 is 0 Å². The summed E-state index contributed by atoms with van der Waals surface area (Å²) in [4.78, 5) is 0. The average molecular weight is 258 g/mol. The zero-order chi connectivity index (χ0) is 14.7. The van der Waals surface area contributed by atoms with Gasteiger partial charge in [0.2, 0.25) is 0 Å². The van der Waals surface area contributed by atoms with Crippen molar-refractivity contribution in [2.75, 3.05) is 0 Å². The topological polar surface area (TPSA) is 40.5 Å². The Kier molecular flexibility index (Phi) is 6.35. The van der Waals surface area contributed by atoms with Crippen LogP contribution in [0.15, 0.2) is 0 Å². The summed E-state index contributed by atoms with van der Waals surface area (Å²) in [5.74, 6) is 0.882. The van der Waals surface area contributed by atoms with Gasteiger partial charge in [0.1, 0.15) is 0 Å². The van der Waals surface area contributed by atoms with Crippen molar-refractivity contribution in [3.8, 4) is 0 Å². The summed E-state index contributed by atoms with van der Waals surface area (Å²) in [5.41, 5.74) is -1.32. The molecule has 0 spiro atoms. The molecule has 18 heavy (non-hydrogen) atoms. The van der Waals surface area contributed by atoms with Crippen LogP contribution in [0.4, 0.5) is 0 Å². The maximum atomic E-state index is 10.6. The van der Waals surface area contributed by atoms with Crippen LogP contribution in [-0.2, 0) is 0 Å². The summed E-state index contributed by atoms with van der Waals surface area (Å²) < 4.78 is 0. The number of hydrogen-bond donors (Lipinski definition) is 2. The first-order chi connectivity index (χ1) is 7.97. The van der Waals surface area contributed by atoms with E-state index < -0.39 is 11.2 Å². The van der Waals surface area contributed by atoms with Crippen molar-refractivity contribution in [1.82, 2.24) is 0 Å². The molecular formula is C16H34O2. The van der Waals surface area contributed by atoms with Gasteiger partial charge in [0.05, 0.1) is 11.2 Å². The highest BCUT2D eigenvalue weighted by atomic mass is 16.3. The second-order valence-electron chi connectivity index (χ2n) is 6.95. The van der Waals surface area contributed by atoms with Crippen LogP contribution in [0.3, 0.4) is 0 Å². The maximum Gasteiger partial charge on any atom is 0.0670 e. The molecule has 0 aromatic carbocycles. The molecule has 0 saturated carbocycles. The summed E-state index contributed by atoms with van der Waals surface area (Å²) in [5, 5.41) is 21.1.